The fraction of sp³-hybridized carbons (Fsp3) is 0.417. The van der Waals surface area contributed by atoms with Gasteiger partial charge in [-0.05, 0) is 24.1 Å². The third-order valence-electron chi connectivity index (χ3n) is 2.46. The first kappa shape index (κ1) is 12.5. The molecule has 0 saturated carbocycles. The van der Waals surface area contributed by atoms with Crippen molar-refractivity contribution in [3.05, 3.63) is 29.8 Å². The van der Waals surface area contributed by atoms with E-state index in [1.54, 1.807) is 30.1 Å². The maximum atomic E-state index is 11.7. The second kappa shape index (κ2) is 5.51. The minimum absolute atomic E-state index is 0.0779. The van der Waals surface area contributed by atoms with Gasteiger partial charge in [0, 0.05) is 13.6 Å². The van der Waals surface area contributed by atoms with E-state index in [-0.39, 0.29) is 11.7 Å². The van der Waals surface area contributed by atoms with Gasteiger partial charge < -0.3 is 15.7 Å². The molecule has 0 aliphatic heterocycles. The van der Waals surface area contributed by atoms with Crippen LogP contribution in [0.2, 0.25) is 0 Å². The van der Waals surface area contributed by atoms with E-state index >= 15 is 0 Å². The number of carbonyl (C=O) groups excluding carboxylic acids is 1. The molecule has 1 rings (SSSR count). The van der Waals surface area contributed by atoms with Gasteiger partial charge in [-0.3, -0.25) is 4.79 Å². The Labute approximate surface area is 95.7 Å². The summed E-state index contributed by atoms with van der Waals surface area (Å²) >= 11 is 0. The Morgan fingerprint density at radius 2 is 2.25 bits per heavy atom. The normalized spacial score (nSPS) is 12.2. The van der Waals surface area contributed by atoms with Crippen molar-refractivity contribution < 1.29 is 9.90 Å². The van der Waals surface area contributed by atoms with Crippen molar-refractivity contribution in [3.63, 3.8) is 0 Å². The monoisotopic (exact) mass is 222 g/mol. The molecule has 0 spiro atoms. The van der Waals surface area contributed by atoms with Crippen molar-refractivity contribution in [1.82, 2.24) is 4.90 Å². The molecule has 0 bridgehead atoms. The molecule has 0 aliphatic carbocycles. The van der Waals surface area contributed by atoms with Crippen molar-refractivity contribution in [2.24, 2.45) is 5.73 Å². The van der Waals surface area contributed by atoms with Crippen LogP contribution in [0.25, 0.3) is 0 Å². The van der Waals surface area contributed by atoms with Crippen LogP contribution in [0.3, 0.4) is 0 Å². The molecule has 1 atom stereocenters. The summed E-state index contributed by atoms with van der Waals surface area (Å²) < 4.78 is 0. The molecule has 1 aromatic carbocycles. The molecule has 0 radical (unpaired) electrons. The molecule has 0 heterocycles. The van der Waals surface area contributed by atoms with Gasteiger partial charge in [-0.25, -0.2) is 0 Å². The summed E-state index contributed by atoms with van der Waals surface area (Å²) in [5.74, 6) is 0.129. The molecular formula is C12H18N2O2. The predicted molar refractivity (Wildman–Crippen MR) is 62.8 cm³/mol. The second-order valence-electron chi connectivity index (χ2n) is 3.88. The first-order valence-electron chi connectivity index (χ1n) is 5.33. The quantitative estimate of drug-likeness (QED) is 0.801. The Kier molecular flexibility index (Phi) is 4.31. The Morgan fingerprint density at radius 1 is 1.56 bits per heavy atom. The highest BCUT2D eigenvalue weighted by molar-refractivity contribution is 5.81. The third kappa shape index (κ3) is 3.24. The topological polar surface area (TPSA) is 66.6 Å². The number of nitrogens with two attached hydrogens (primary N) is 1. The Balaban J connectivity index is 2.64. The summed E-state index contributed by atoms with van der Waals surface area (Å²) in [6.45, 7) is 2.34. The van der Waals surface area contributed by atoms with Crippen molar-refractivity contribution in [1.29, 1.82) is 0 Å². The lowest BCUT2D eigenvalue weighted by Crippen LogP contribution is -2.40. The maximum absolute atomic E-state index is 11.7. The molecule has 3 N–H and O–H groups in total. The Hall–Kier alpha value is -1.55. The van der Waals surface area contributed by atoms with Gasteiger partial charge in [-0.2, -0.15) is 0 Å². The number of hydrogen-bond donors (Lipinski definition) is 2. The number of carbonyl (C=O) groups is 1. The average molecular weight is 222 g/mol. The van der Waals surface area contributed by atoms with Crippen LogP contribution in [0.15, 0.2) is 24.3 Å². The number of phenols is 1. The summed E-state index contributed by atoms with van der Waals surface area (Å²) in [5.41, 5.74) is 6.55. The van der Waals surface area contributed by atoms with E-state index in [9.17, 15) is 9.90 Å². The molecule has 0 saturated heterocycles. The van der Waals surface area contributed by atoms with E-state index in [0.29, 0.717) is 13.0 Å². The lowest BCUT2D eigenvalue weighted by Gasteiger charge is -2.20. The summed E-state index contributed by atoms with van der Waals surface area (Å²) in [5, 5.41) is 9.29. The molecule has 4 heteroatoms. The number of rotatable bonds is 4. The van der Waals surface area contributed by atoms with E-state index in [1.807, 2.05) is 13.0 Å². The van der Waals surface area contributed by atoms with Crippen molar-refractivity contribution in [2.75, 3.05) is 7.05 Å². The average Bonchev–Trinajstić information content (AvgIpc) is 2.27. The highest BCUT2D eigenvalue weighted by atomic mass is 16.3. The zero-order chi connectivity index (χ0) is 12.1. The van der Waals surface area contributed by atoms with Gasteiger partial charge in [0.1, 0.15) is 5.75 Å². The van der Waals surface area contributed by atoms with E-state index in [4.69, 9.17) is 5.73 Å². The number of likely N-dealkylation sites (N-methyl/N-ethyl adjacent to an activating group) is 1. The Morgan fingerprint density at radius 3 is 2.81 bits per heavy atom. The molecule has 1 aromatic rings. The van der Waals surface area contributed by atoms with Crippen LogP contribution >= 0.6 is 0 Å². The summed E-state index contributed by atoms with van der Waals surface area (Å²) in [6.07, 6.45) is 0.628. The number of nitrogens with zero attached hydrogens (tertiary/aromatic N) is 1. The summed E-state index contributed by atoms with van der Waals surface area (Å²) in [7, 11) is 1.71. The van der Waals surface area contributed by atoms with Crippen molar-refractivity contribution in [2.45, 2.75) is 25.9 Å². The summed E-state index contributed by atoms with van der Waals surface area (Å²) in [4.78, 5) is 13.3. The van der Waals surface area contributed by atoms with E-state index < -0.39 is 6.04 Å². The zero-order valence-electron chi connectivity index (χ0n) is 9.68. The van der Waals surface area contributed by atoms with Gasteiger partial charge in [0.15, 0.2) is 0 Å². The maximum Gasteiger partial charge on any atom is 0.239 e. The first-order valence-corrected chi connectivity index (χ1v) is 5.33. The molecule has 88 valence electrons. The van der Waals surface area contributed by atoms with E-state index in [1.165, 1.54) is 0 Å². The number of hydrogen-bond acceptors (Lipinski definition) is 3. The van der Waals surface area contributed by atoms with Crippen LogP contribution in [-0.4, -0.2) is 29.0 Å². The van der Waals surface area contributed by atoms with Gasteiger partial charge >= 0.3 is 0 Å². The summed E-state index contributed by atoms with van der Waals surface area (Å²) in [6, 6.07) is 6.41. The largest absolute Gasteiger partial charge is 0.508 e. The van der Waals surface area contributed by atoms with E-state index in [0.717, 1.165) is 5.56 Å². The smallest absolute Gasteiger partial charge is 0.239 e. The molecule has 1 unspecified atom stereocenters. The van der Waals surface area contributed by atoms with Crippen LogP contribution in [0.4, 0.5) is 0 Å². The van der Waals surface area contributed by atoms with Crippen LogP contribution in [-0.2, 0) is 11.3 Å². The molecule has 4 nitrogen and oxygen atoms in total. The lowest BCUT2D eigenvalue weighted by atomic mass is 10.1. The van der Waals surface area contributed by atoms with Gasteiger partial charge in [0.2, 0.25) is 5.91 Å². The highest BCUT2D eigenvalue weighted by Gasteiger charge is 2.15. The van der Waals surface area contributed by atoms with Gasteiger partial charge in [0.05, 0.1) is 6.04 Å². The number of amides is 1. The molecule has 0 aliphatic rings. The lowest BCUT2D eigenvalue weighted by molar-refractivity contribution is -0.131. The minimum atomic E-state index is -0.442. The van der Waals surface area contributed by atoms with Crippen molar-refractivity contribution >= 4 is 5.91 Å². The van der Waals surface area contributed by atoms with Gasteiger partial charge in [-0.15, -0.1) is 0 Å². The SMILES string of the molecule is CCC(N)C(=O)N(C)Cc1cccc(O)c1. The van der Waals surface area contributed by atoms with Crippen LogP contribution in [0.1, 0.15) is 18.9 Å². The molecular weight excluding hydrogens is 204 g/mol. The van der Waals surface area contributed by atoms with Crippen LogP contribution in [0, 0.1) is 0 Å². The predicted octanol–water partition coefficient (Wildman–Crippen LogP) is 1.09. The zero-order valence-corrected chi connectivity index (χ0v) is 9.68. The molecule has 16 heavy (non-hydrogen) atoms. The fourth-order valence-electron chi connectivity index (χ4n) is 1.46. The third-order valence-corrected chi connectivity index (χ3v) is 2.46. The number of phenolic OH excluding ortho intramolecular Hbond substituents is 1. The van der Waals surface area contributed by atoms with Crippen molar-refractivity contribution in [3.8, 4) is 5.75 Å². The standard InChI is InChI=1S/C12H18N2O2/c1-3-11(13)12(16)14(2)8-9-5-4-6-10(15)7-9/h4-7,11,15H,3,8,13H2,1-2H3. The molecule has 0 fully saturated rings. The van der Waals surface area contributed by atoms with E-state index in [2.05, 4.69) is 0 Å². The number of benzene rings is 1. The highest BCUT2D eigenvalue weighted by Crippen LogP contribution is 2.12. The first-order chi connectivity index (χ1) is 7.54. The second-order valence-corrected chi connectivity index (χ2v) is 3.88. The van der Waals surface area contributed by atoms with Gasteiger partial charge in [0.25, 0.3) is 0 Å². The van der Waals surface area contributed by atoms with Crippen LogP contribution < -0.4 is 5.73 Å². The number of aromatic hydroxyl groups is 1. The fourth-order valence-corrected chi connectivity index (χ4v) is 1.46. The molecule has 0 aromatic heterocycles. The minimum Gasteiger partial charge on any atom is -0.508 e. The van der Waals surface area contributed by atoms with Crippen LogP contribution in [0.5, 0.6) is 5.75 Å². The Bertz CT molecular complexity index is 366. The van der Waals surface area contributed by atoms with Gasteiger partial charge in [-0.1, -0.05) is 19.1 Å². The molecule has 1 amide bonds.